The summed E-state index contributed by atoms with van der Waals surface area (Å²) in [6, 6.07) is 17.9. The molecule has 1 aromatic heterocycles. The van der Waals surface area contributed by atoms with E-state index in [2.05, 4.69) is 34.2 Å². The van der Waals surface area contributed by atoms with Crippen LogP contribution in [0.2, 0.25) is 0 Å². The zero-order valence-corrected chi connectivity index (χ0v) is 16.3. The molecule has 4 rings (SSSR count). The van der Waals surface area contributed by atoms with Crippen molar-refractivity contribution in [3.8, 4) is 11.1 Å². The zero-order chi connectivity index (χ0) is 20.9. The van der Waals surface area contributed by atoms with Crippen molar-refractivity contribution in [1.29, 1.82) is 0 Å². The molecule has 7 heteroatoms. The van der Waals surface area contributed by atoms with E-state index in [0.717, 1.165) is 22.3 Å². The van der Waals surface area contributed by atoms with Gasteiger partial charge in [-0.25, -0.2) is 19.7 Å². The number of anilines is 1. The molecule has 0 radical (unpaired) electrons. The second-order valence-electron chi connectivity index (χ2n) is 7.00. The second-order valence-corrected chi connectivity index (χ2v) is 7.00. The van der Waals surface area contributed by atoms with Crippen LogP contribution in [0.5, 0.6) is 0 Å². The molecule has 0 aliphatic heterocycles. The summed E-state index contributed by atoms with van der Waals surface area (Å²) in [6.07, 6.45) is 2.69. The molecule has 0 fully saturated rings. The fraction of sp³-hybridized carbons (Fsp3) is 0.217. The highest BCUT2D eigenvalue weighted by atomic mass is 16.6. The number of ether oxygens (including phenoxy) is 1. The Morgan fingerprint density at radius 2 is 1.53 bits per heavy atom. The number of aromatic nitrogens is 2. The molecule has 1 amide bonds. The maximum Gasteiger partial charge on any atom is 0.416 e. The first-order valence-electron chi connectivity index (χ1n) is 9.76. The van der Waals surface area contributed by atoms with Gasteiger partial charge >= 0.3 is 12.1 Å². The van der Waals surface area contributed by atoms with Crippen LogP contribution in [-0.4, -0.2) is 40.3 Å². The first-order valence-corrected chi connectivity index (χ1v) is 9.76. The van der Waals surface area contributed by atoms with E-state index in [9.17, 15) is 9.59 Å². The summed E-state index contributed by atoms with van der Waals surface area (Å²) in [6.45, 7) is 0.335. The highest BCUT2D eigenvalue weighted by Gasteiger charge is 2.30. The molecular weight excluding hydrogens is 382 g/mol. The SMILES string of the molecule is O=C(O)CCCN(C(=O)OCC1c2ccccc2-c2ccccc21)c1ncccn1. The van der Waals surface area contributed by atoms with Crippen molar-refractivity contribution in [2.45, 2.75) is 18.8 Å². The molecule has 30 heavy (non-hydrogen) atoms. The average Bonchev–Trinajstić information content (AvgIpc) is 3.09. The molecule has 3 aromatic rings. The van der Waals surface area contributed by atoms with Crippen LogP contribution in [0.1, 0.15) is 29.9 Å². The van der Waals surface area contributed by atoms with Crippen molar-refractivity contribution in [3.63, 3.8) is 0 Å². The molecule has 1 N–H and O–H groups in total. The maximum atomic E-state index is 12.9. The number of aliphatic carboxylic acids is 1. The van der Waals surface area contributed by atoms with Crippen LogP contribution in [0.4, 0.5) is 10.7 Å². The van der Waals surface area contributed by atoms with Crippen LogP contribution in [0.3, 0.4) is 0 Å². The molecule has 0 saturated carbocycles. The van der Waals surface area contributed by atoms with Crippen molar-refractivity contribution in [3.05, 3.63) is 78.1 Å². The molecule has 0 bridgehead atoms. The van der Waals surface area contributed by atoms with Gasteiger partial charge in [0.1, 0.15) is 6.61 Å². The first kappa shape index (κ1) is 19.6. The van der Waals surface area contributed by atoms with Gasteiger partial charge in [0.25, 0.3) is 0 Å². The van der Waals surface area contributed by atoms with Crippen LogP contribution < -0.4 is 4.90 Å². The van der Waals surface area contributed by atoms with E-state index in [1.54, 1.807) is 6.07 Å². The number of hydrogen-bond donors (Lipinski definition) is 1. The number of fused-ring (bicyclic) bond motifs is 3. The predicted molar refractivity (Wildman–Crippen MR) is 111 cm³/mol. The lowest BCUT2D eigenvalue weighted by Gasteiger charge is -2.21. The Balaban J connectivity index is 1.51. The Morgan fingerprint density at radius 1 is 0.933 bits per heavy atom. The van der Waals surface area contributed by atoms with Crippen LogP contribution >= 0.6 is 0 Å². The number of carbonyl (C=O) groups excluding carboxylic acids is 1. The van der Waals surface area contributed by atoms with Gasteiger partial charge in [0, 0.05) is 31.3 Å². The number of carboxylic acid groups (broad SMARTS) is 1. The Morgan fingerprint density at radius 3 is 2.13 bits per heavy atom. The third kappa shape index (κ3) is 4.00. The molecule has 0 atom stereocenters. The summed E-state index contributed by atoms with van der Waals surface area (Å²) in [5, 5.41) is 8.90. The number of hydrogen-bond acceptors (Lipinski definition) is 5. The topological polar surface area (TPSA) is 92.6 Å². The fourth-order valence-electron chi connectivity index (χ4n) is 3.76. The lowest BCUT2D eigenvalue weighted by molar-refractivity contribution is -0.137. The number of rotatable bonds is 7. The molecule has 1 heterocycles. The molecule has 152 valence electrons. The van der Waals surface area contributed by atoms with Gasteiger partial charge in [-0.1, -0.05) is 48.5 Å². The molecule has 1 aliphatic carbocycles. The molecule has 2 aromatic carbocycles. The van der Waals surface area contributed by atoms with Crippen LogP contribution in [-0.2, 0) is 9.53 Å². The standard InChI is InChI=1S/C23H21N3O4/c27-21(28)11-5-14-26(22-24-12-6-13-25-22)23(29)30-15-20-18-9-3-1-7-16(18)17-8-2-4-10-19(17)20/h1-4,6-10,12-13,20H,5,11,14-15H2,(H,27,28). The molecule has 0 saturated heterocycles. The maximum absolute atomic E-state index is 12.9. The highest BCUT2D eigenvalue weighted by Crippen LogP contribution is 2.44. The van der Waals surface area contributed by atoms with E-state index in [1.807, 2.05) is 24.3 Å². The Bertz CT molecular complexity index is 1010. The molecule has 1 aliphatic rings. The van der Waals surface area contributed by atoms with Gasteiger partial charge in [0.2, 0.25) is 5.95 Å². The highest BCUT2D eigenvalue weighted by molar-refractivity contribution is 5.85. The van der Waals surface area contributed by atoms with Gasteiger partial charge in [-0.15, -0.1) is 0 Å². The minimum absolute atomic E-state index is 0.0556. The summed E-state index contributed by atoms with van der Waals surface area (Å²) in [5.74, 6) is -0.782. The van der Waals surface area contributed by atoms with Crippen molar-refractivity contribution >= 4 is 18.0 Å². The summed E-state index contributed by atoms with van der Waals surface area (Å²) in [4.78, 5) is 33.3. The number of carbonyl (C=O) groups is 2. The van der Waals surface area contributed by atoms with Gasteiger partial charge < -0.3 is 9.84 Å². The summed E-state index contributed by atoms with van der Waals surface area (Å²) < 4.78 is 5.67. The van der Waals surface area contributed by atoms with Crippen molar-refractivity contribution in [2.24, 2.45) is 0 Å². The van der Waals surface area contributed by atoms with E-state index in [0.29, 0.717) is 0 Å². The fourth-order valence-corrected chi connectivity index (χ4v) is 3.76. The Kier molecular flexibility index (Phi) is 5.70. The van der Waals surface area contributed by atoms with Gasteiger partial charge in [0.05, 0.1) is 0 Å². The van der Waals surface area contributed by atoms with Gasteiger partial charge in [-0.05, 0) is 34.7 Å². The van der Waals surface area contributed by atoms with E-state index in [1.165, 1.54) is 17.3 Å². The third-order valence-electron chi connectivity index (χ3n) is 5.12. The average molecular weight is 403 g/mol. The summed E-state index contributed by atoms with van der Waals surface area (Å²) >= 11 is 0. The quantitative estimate of drug-likeness (QED) is 0.639. The monoisotopic (exact) mass is 403 g/mol. The number of benzene rings is 2. The summed E-state index contributed by atoms with van der Waals surface area (Å²) in [7, 11) is 0. The second kappa shape index (κ2) is 8.73. The largest absolute Gasteiger partial charge is 0.481 e. The first-order chi connectivity index (χ1) is 14.6. The third-order valence-corrected chi connectivity index (χ3v) is 5.12. The van der Waals surface area contributed by atoms with Crippen LogP contribution in [0.25, 0.3) is 11.1 Å². The summed E-state index contributed by atoms with van der Waals surface area (Å²) in [5.41, 5.74) is 4.55. The van der Waals surface area contributed by atoms with Gasteiger partial charge in [-0.3, -0.25) is 4.79 Å². The molecule has 7 nitrogen and oxygen atoms in total. The molecular formula is C23H21N3O4. The number of carboxylic acids is 1. The smallest absolute Gasteiger partial charge is 0.416 e. The minimum Gasteiger partial charge on any atom is -0.481 e. The van der Waals surface area contributed by atoms with Gasteiger partial charge in [0.15, 0.2) is 0 Å². The van der Waals surface area contributed by atoms with Crippen LogP contribution in [0.15, 0.2) is 67.0 Å². The molecule has 0 unspecified atom stereocenters. The van der Waals surface area contributed by atoms with E-state index in [4.69, 9.17) is 9.84 Å². The van der Waals surface area contributed by atoms with E-state index >= 15 is 0 Å². The lowest BCUT2D eigenvalue weighted by Crippen LogP contribution is -2.35. The molecule has 0 spiro atoms. The van der Waals surface area contributed by atoms with Crippen molar-refractivity contribution < 1.29 is 19.4 Å². The predicted octanol–water partition coefficient (Wildman–Crippen LogP) is 4.10. The number of nitrogens with zero attached hydrogens (tertiary/aromatic N) is 3. The van der Waals surface area contributed by atoms with Crippen LogP contribution in [0, 0.1) is 0 Å². The van der Waals surface area contributed by atoms with Gasteiger partial charge in [-0.2, -0.15) is 0 Å². The Labute approximate surface area is 174 Å². The number of amides is 1. The lowest BCUT2D eigenvalue weighted by atomic mass is 9.98. The Hall–Kier alpha value is -3.74. The zero-order valence-electron chi connectivity index (χ0n) is 16.3. The normalized spacial score (nSPS) is 12.1. The van der Waals surface area contributed by atoms with E-state index < -0.39 is 12.1 Å². The minimum atomic E-state index is -0.920. The van der Waals surface area contributed by atoms with E-state index in [-0.39, 0.29) is 37.9 Å². The van der Waals surface area contributed by atoms with Crippen molar-refractivity contribution in [1.82, 2.24) is 9.97 Å². The van der Waals surface area contributed by atoms with Crippen molar-refractivity contribution in [2.75, 3.05) is 18.1 Å².